The first-order valence-electron chi connectivity index (χ1n) is 19.5. The van der Waals surface area contributed by atoms with E-state index in [1.165, 1.54) is 25.3 Å². The van der Waals surface area contributed by atoms with Crippen LogP contribution in [0.25, 0.3) is 6.08 Å². The molecule has 62 heavy (non-hydrogen) atoms. The topological polar surface area (TPSA) is 199 Å². The molecule has 0 saturated heterocycles. The molecule has 0 aliphatic heterocycles. The minimum atomic E-state index is -1.91. The lowest BCUT2D eigenvalue weighted by atomic mass is 9.93. The van der Waals surface area contributed by atoms with Gasteiger partial charge in [-0.3, -0.25) is 19.7 Å². The Morgan fingerprint density at radius 3 is 2.11 bits per heavy atom. The van der Waals surface area contributed by atoms with Crippen molar-refractivity contribution in [3.8, 4) is 5.75 Å². The molecule has 0 radical (unpaired) electrons. The normalized spacial score (nSPS) is 14.1. The Kier molecular flexibility index (Phi) is 21.0. The van der Waals surface area contributed by atoms with Crippen LogP contribution in [0.3, 0.4) is 0 Å². The molecule has 0 heterocycles. The molecule has 0 bridgehead atoms. The van der Waals surface area contributed by atoms with Crippen molar-refractivity contribution < 1.29 is 52.6 Å². The molecule has 0 aliphatic carbocycles. The number of halogens is 4. The number of benzene rings is 2. The van der Waals surface area contributed by atoms with Crippen molar-refractivity contribution in [2.45, 2.75) is 102 Å². The average molecular weight is 948 g/mol. The number of nitrogens with zero attached hydrogens (tertiary/aromatic N) is 1. The number of methoxy groups -OCH3 is 1. The summed E-state index contributed by atoms with van der Waals surface area (Å²) in [6.45, 7) is 12.9. The molecule has 2 amide bonds. The Morgan fingerprint density at radius 2 is 1.56 bits per heavy atom. The van der Waals surface area contributed by atoms with E-state index in [1.54, 1.807) is 84.0 Å². The number of nitro benzene ring substituents is 1. The number of nitro groups is 1. The molecule has 0 saturated carbocycles. The van der Waals surface area contributed by atoms with Gasteiger partial charge in [-0.05, 0) is 88.4 Å². The summed E-state index contributed by atoms with van der Waals surface area (Å²) < 4.78 is 25.4. The maximum Gasteiger partial charge on any atom is 0.407 e. The standard InChI is InChI=1S/C43H55Cl4N3O12/c1-26(2)21-35(61-39(54)42(7,8)24-48-40(55)62-41(4,5)6)38(53)60-33(27(3)13-14-28-15-18-30(19-16-28)50(56)57)11-10-12-36(51)49-32(37(52)59-25-43(45,46)47)23-29-17-20-34(58-9)31(44)22-29/h10,12-20,22,26-27,32-33,35H,11,21,23-25H2,1-9H3,(H,48,55)(H,49,51)/b12-10+,14-13+/t27-,32-,33+,35+/m1/s1. The molecule has 0 spiro atoms. The van der Waals surface area contributed by atoms with Crippen LogP contribution < -0.4 is 15.4 Å². The first kappa shape index (κ1) is 53.6. The summed E-state index contributed by atoms with van der Waals surface area (Å²) in [6, 6.07) is 9.37. The quantitative estimate of drug-likeness (QED) is 0.0301. The lowest BCUT2D eigenvalue weighted by Crippen LogP contribution is -2.44. The third-order valence-electron chi connectivity index (χ3n) is 8.65. The zero-order valence-electron chi connectivity index (χ0n) is 36.1. The van der Waals surface area contributed by atoms with Crippen molar-refractivity contribution in [1.29, 1.82) is 0 Å². The monoisotopic (exact) mass is 945 g/mol. The molecule has 0 fully saturated rings. The zero-order chi connectivity index (χ0) is 47.0. The van der Waals surface area contributed by atoms with Gasteiger partial charge in [0.15, 0.2) is 6.10 Å². The number of non-ortho nitro benzene ring substituents is 1. The molecule has 2 aromatic carbocycles. The van der Waals surface area contributed by atoms with E-state index in [9.17, 15) is 34.1 Å². The van der Waals surface area contributed by atoms with Gasteiger partial charge in [0.25, 0.3) is 5.69 Å². The van der Waals surface area contributed by atoms with Gasteiger partial charge in [-0.15, -0.1) is 0 Å². The van der Waals surface area contributed by atoms with Gasteiger partial charge >= 0.3 is 24.0 Å². The number of ether oxygens (including phenoxy) is 5. The summed E-state index contributed by atoms with van der Waals surface area (Å²) in [7, 11) is 1.45. The average Bonchev–Trinajstić information content (AvgIpc) is 3.16. The van der Waals surface area contributed by atoms with Crippen LogP contribution in [-0.2, 0) is 44.5 Å². The second kappa shape index (κ2) is 24.3. The van der Waals surface area contributed by atoms with E-state index in [0.29, 0.717) is 16.9 Å². The highest BCUT2D eigenvalue weighted by Crippen LogP contribution is 2.28. The van der Waals surface area contributed by atoms with Crippen molar-refractivity contribution in [1.82, 2.24) is 10.6 Å². The number of hydrogen-bond acceptors (Lipinski definition) is 12. The number of hydrogen-bond donors (Lipinski definition) is 2. The molecular formula is C43H55Cl4N3O12. The molecule has 0 unspecified atom stereocenters. The number of alkyl carbamates (subject to hydrolysis) is 1. The van der Waals surface area contributed by atoms with E-state index >= 15 is 0 Å². The van der Waals surface area contributed by atoms with Crippen molar-refractivity contribution >= 4 is 88.1 Å². The number of nitrogens with one attached hydrogen (secondary N) is 2. The smallest absolute Gasteiger partial charge is 0.407 e. The van der Waals surface area contributed by atoms with Gasteiger partial charge in [-0.2, -0.15) is 0 Å². The number of carbonyl (C=O) groups is 5. The van der Waals surface area contributed by atoms with Crippen LogP contribution in [0, 0.1) is 27.4 Å². The molecule has 0 aliphatic rings. The van der Waals surface area contributed by atoms with Gasteiger partial charge in [0.05, 0.1) is 22.5 Å². The Bertz CT molecular complexity index is 1930. The number of esters is 3. The zero-order valence-corrected chi connectivity index (χ0v) is 39.2. The summed E-state index contributed by atoms with van der Waals surface area (Å²) in [5.74, 6) is -3.48. The summed E-state index contributed by atoms with van der Waals surface area (Å²) in [6.07, 6.45) is 3.00. The fourth-order valence-electron chi connectivity index (χ4n) is 5.33. The molecule has 2 aromatic rings. The van der Waals surface area contributed by atoms with Crippen molar-refractivity contribution in [3.05, 3.63) is 87.0 Å². The number of carbonyl (C=O) groups excluding carboxylic acids is 5. The van der Waals surface area contributed by atoms with E-state index in [0.717, 1.165) is 6.08 Å². The molecular weight excluding hydrogens is 892 g/mol. The lowest BCUT2D eigenvalue weighted by molar-refractivity contribution is -0.384. The van der Waals surface area contributed by atoms with Gasteiger partial charge in [0, 0.05) is 37.4 Å². The molecule has 2 rings (SSSR count). The predicted molar refractivity (Wildman–Crippen MR) is 237 cm³/mol. The number of rotatable bonds is 21. The van der Waals surface area contributed by atoms with Crippen LogP contribution in [-0.4, -0.2) is 82.7 Å². The lowest BCUT2D eigenvalue weighted by Gasteiger charge is -2.29. The maximum absolute atomic E-state index is 13.9. The SMILES string of the molecule is COc1ccc(C[C@@H](NC(=O)/C=C/C[C@H](OC(=O)[C@H](CC(C)C)OC(=O)C(C)(C)CNC(=O)OC(C)(C)C)[C@H](C)/C=C/c2ccc([N+](=O)[O-])cc2)C(=O)OCC(Cl)(Cl)Cl)cc1Cl. The van der Waals surface area contributed by atoms with Crippen LogP contribution in [0.1, 0.15) is 79.4 Å². The van der Waals surface area contributed by atoms with Crippen LogP contribution in [0.5, 0.6) is 5.75 Å². The highest BCUT2D eigenvalue weighted by atomic mass is 35.6. The Morgan fingerprint density at radius 1 is 0.919 bits per heavy atom. The molecule has 0 aromatic heterocycles. The largest absolute Gasteiger partial charge is 0.495 e. The Hall–Kier alpha value is -4.57. The second-order valence-corrected chi connectivity index (χ2v) is 19.3. The van der Waals surface area contributed by atoms with E-state index in [4.69, 9.17) is 70.1 Å². The third-order valence-corrected chi connectivity index (χ3v) is 9.27. The minimum absolute atomic E-state index is 0.0327. The van der Waals surface area contributed by atoms with E-state index in [1.807, 2.05) is 13.8 Å². The van der Waals surface area contributed by atoms with Crippen molar-refractivity contribution in [2.75, 3.05) is 20.3 Å². The number of amides is 2. The Balaban J connectivity index is 2.37. The summed E-state index contributed by atoms with van der Waals surface area (Å²) in [4.78, 5) is 76.6. The highest BCUT2D eigenvalue weighted by molar-refractivity contribution is 6.67. The predicted octanol–water partition coefficient (Wildman–Crippen LogP) is 8.91. The van der Waals surface area contributed by atoms with E-state index in [-0.39, 0.29) is 42.4 Å². The van der Waals surface area contributed by atoms with Crippen LogP contribution in [0.15, 0.2) is 60.7 Å². The van der Waals surface area contributed by atoms with E-state index < -0.39 is 80.4 Å². The minimum Gasteiger partial charge on any atom is -0.495 e. The van der Waals surface area contributed by atoms with Crippen molar-refractivity contribution in [3.63, 3.8) is 0 Å². The fraction of sp³-hybridized carbons (Fsp3) is 0.512. The maximum atomic E-state index is 13.9. The first-order chi connectivity index (χ1) is 28.7. The van der Waals surface area contributed by atoms with Crippen LogP contribution >= 0.6 is 46.4 Å². The second-order valence-electron chi connectivity index (χ2n) is 16.4. The van der Waals surface area contributed by atoms with Crippen LogP contribution in [0.4, 0.5) is 10.5 Å². The highest BCUT2D eigenvalue weighted by Gasteiger charge is 2.37. The molecule has 342 valence electrons. The molecule has 4 atom stereocenters. The summed E-state index contributed by atoms with van der Waals surface area (Å²) in [5, 5.41) is 16.6. The van der Waals surface area contributed by atoms with Crippen LogP contribution in [0.2, 0.25) is 5.02 Å². The van der Waals surface area contributed by atoms with Gasteiger partial charge in [-0.1, -0.05) is 91.5 Å². The van der Waals surface area contributed by atoms with Crippen molar-refractivity contribution in [2.24, 2.45) is 17.3 Å². The van der Waals surface area contributed by atoms with Gasteiger partial charge in [0.2, 0.25) is 9.70 Å². The summed E-state index contributed by atoms with van der Waals surface area (Å²) >= 11 is 23.6. The third kappa shape index (κ3) is 20.1. The van der Waals surface area contributed by atoms with E-state index in [2.05, 4.69) is 10.6 Å². The summed E-state index contributed by atoms with van der Waals surface area (Å²) in [5.41, 5.74) is -0.943. The molecule has 2 N–H and O–H groups in total. The van der Waals surface area contributed by atoms with Gasteiger partial charge in [0.1, 0.15) is 30.1 Å². The number of alkyl halides is 3. The first-order valence-corrected chi connectivity index (χ1v) is 21.0. The van der Waals surface area contributed by atoms with Gasteiger partial charge < -0.3 is 34.3 Å². The molecule has 15 nitrogen and oxygen atoms in total. The fourth-order valence-corrected chi connectivity index (χ4v) is 5.77. The molecule has 19 heteroatoms. The van der Waals surface area contributed by atoms with Gasteiger partial charge in [-0.25, -0.2) is 14.4 Å². The Labute approximate surface area is 382 Å².